The zero-order valence-corrected chi connectivity index (χ0v) is 27.1. The van der Waals surface area contributed by atoms with Gasteiger partial charge in [0.05, 0.1) is 8.22 Å². The predicted octanol–water partition coefficient (Wildman–Crippen LogP) is 12.5. The largest absolute Gasteiger partial charge is 0.456 e. The molecule has 0 aliphatic heterocycles. The molecule has 0 aliphatic rings. The average molecular weight is 664 g/mol. The Kier molecular flexibility index (Phi) is 5.35. The number of furan rings is 1. The molecule has 3 heterocycles. The van der Waals surface area contributed by atoms with Crippen LogP contribution in [0.25, 0.3) is 98.5 Å². The van der Waals surface area contributed by atoms with Gasteiger partial charge in [-0.15, -0.1) is 11.3 Å². The third kappa shape index (κ3) is 4.79. The third-order valence-corrected chi connectivity index (χ3v) is 10.00. The summed E-state index contributed by atoms with van der Waals surface area (Å²) in [6.45, 7) is 0. The first-order chi connectivity index (χ1) is 27.3. The highest BCUT2D eigenvalue weighted by atomic mass is 32.1. The van der Waals surface area contributed by atoms with Crippen LogP contribution in [0.1, 0.15) is 8.22 Å². The fourth-order valence-corrected chi connectivity index (χ4v) is 7.62. The molecule has 0 fully saturated rings. The summed E-state index contributed by atoms with van der Waals surface area (Å²) in [6.07, 6.45) is 0. The molecule has 0 N–H and O–H groups in total. The molecule has 0 spiro atoms. The van der Waals surface area contributed by atoms with Crippen molar-refractivity contribution in [2.24, 2.45) is 0 Å². The van der Waals surface area contributed by atoms with Crippen LogP contribution in [0, 0.1) is 0 Å². The molecule has 4 nitrogen and oxygen atoms in total. The zero-order chi connectivity index (χ0) is 38.2. The standard InChI is InChI=1S/C45H27N3OS/c1-3-11-28(12-4-1)29-21-23-30(24-22-29)33-16-9-17-35-34-26-25-32(27-40(34)50-42(33)35)44-46-43(31-13-5-2-6-14-31)47-45(48-44)37-18-10-20-39-41(37)36-15-7-8-19-38(36)49-39/h1-27H/i9D,16D,17D,25D,26D,27D. The number of para-hydroxylation sites is 1. The molecular formula is C45H27N3OS. The highest BCUT2D eigenvalue weighted by Crippen LogP contribution is 2.42. The Hall–Kier alpha value is -6.43. The lowest BCUT2D eigenvalue weighted by Crippen LogP contribution is -2.00. The van der Waals surface area contributed by atoms with E-state index in [9.17, 15) is 4.11 Å². The molecule has 10 rings (SSSR count). The van der Waals surface area contributed by atoms with Crippen molar-refractivity contribution in [1.82, 2.24) is 15.0 Å². The van der Waals surface area contributed by atoms with Gasteiger partial charge in [-0.3, -0.25) is 0 Å². The maximum atomic E-state index is 9.62. The van der Waals surface area contributed by atoms with Crippen LogP contribution < -0.4 is 0 Å². The molecule has 10 aromatic rings. The van der Waals surface area contributed by atoms with Crippen molar-refractivity contribution in [3.05, 3.63) is 164 Å². The van der Waals surface area contributed by atoms with E-state index in [0.29, 0.717) is 48.9 Å². The summed E-state index contributed by atoms with van der Waals surface area (Å²) in [7, 11) is 0. The van der Waals surface area contributed by atoms with Gasteiger partial charge in [0.25, 0.3) is 0 Å². The lowest BCUT2D eigenvalue weighted by molar-refractivity contribution is 0.669. The third-order valence-electron chi connectivity index (χ3n) is 8.88. The van der Waals surface area contributed by atoms with Crippen LogP contribution in [0.4, 0.5) is 0 Å². The molecule has 0 unspecified atom stereocenters. The van der Waals surface area contributed by atoms with Crippen molar-refractivity contribution in [1.29, 1.82) is 0 Å². The highest BCUT2D eigenvalue weighted by Gasteiger charge is 2.18. The Balaban J connectivity index is 1.22. The summed E-state index contributed by atoms with van der Waals surface area (Å²) in [6, 6.07) is 39.3. The van der Waals surface area contributed by atoms with Gasteiger partial charge in [-0.25, -0.2) is 15.0 Å². The van der Waals surface area contributed by atoms with Gasteiger partial charge in [-0.1, -0.05) is 145 Å². The van der Waals surface area contributed by atoms with Gasteiger partial charge < -0.3 is 4.42 Å². The maximum Gasteiger partial charge on any atom is 0.164 e. The van der Waals surface area contributed by atoms with Gasteiger partial charge in [0.2, 0.25) is 0 Å². The summed E-state index contributed by atoms with van der Waals surface area (Å²) in [5, 5.41) is 2.23. The number of benzene rings is 7. The molecule has 0 bridgehead atoms. The quantitative estimate of drug-likeness (QED) is 0.184. The van der Waals surface area contributed by atoms with Crippen LogP contribution in [0.5, 0.6) is 0 Å². The van der Waals surface area contributed by atoms with Gasteiger partial charge in [0.1, 0.15) is 11.2 Å². The van der Waals surface area contributed by atoms with Crippen molar-refractivity contribution in [3.8, 4) is 56.4 Å². The van der Waals surface area contributed by atoms with Crippen molar-refractivity contribution >= 4 is 53.4 Å². The summed E-state index contributed by atoms with van der Waals surface area (Å²) in [5.41, 5.74) is 5.99. The number of fused-ring (bicyclic) bond motifs is 6. The van der Waals surface area contributed by atoms with E-state index in [1.165, 1.54) is 11.3 Å². The van der Waals surface area contributed by atoms with Crippen molar-refractivity contribution in [2.45, 2.75) is 0 Å². The van der Waals surface area contributed by atoms with Crippen LogP contribution in [0.3, 0.4) is 0 Å². The molecule has 7 aromatic carbocycles. The summed E-state index contributed by atoms with van der Waals surface area (Å²) in [5.74, 6) is 0.719. The minimum absolute atomic E-state index is 0.0524. The smallest absolute Gasteiger partial charge is 0.164 e. The van der Waals surface area contributed by atoms with E-state index in [0.717, 1.165) is 27.5 Å². The molecule has 5 heteroatoms. The van der Waals surface area contributed by atoms with Gasteiger partial charge in [-0.2, -0.15) is 0 Å². The van der Waals surface area contributed by atoms with Gasteiger partial charge in [0.15, 0.2) is 17.5 Å². The Labute approximate surface area is 300 Å². The number of rotatable bonds is 5. The lowest BCUT2D eigenvalue weighted by Gasteiger charge is -2.09. The minimum Gasteiger partial charge on any atom is -0.456 e. The Morgan fingerprint density at radius 3 is 1.94 bits per heavy atom. The molecule has 0 saturated heterocycles. The summed E-state index contributed by atoms with van der Waals surface area (Å²) in [4.78, 5) is 14.7. The first-order valence-corrected chi connectivity index (χ1v) is 16.9. The summed E-state index contributed by atoms with van der Waals surface area (Å²) >= 11 is 1.19. The molecule has 3 aromatic heterocycles. The molecular weight excluding hydrogens is 631 g/mol. The number of hydrogen-bond donors (Lipinski definition) is 0. The lowest BCUT2D eigenvalue weighted by atomic mass is 9.99. The Morgan fingerprint density at radius 2 is 1.12 bits per heavy atom. The summed E-state index contributed by atoms with van der Waals surface area (Å²) < 4.78 is 62.2. The van der Waals surface area contributed by atoms with Crippen molar-refractivity contribution in [3.63, 3.8) is 0 Å². The van der Waals surface area contributed by atoms with Crippen LogP contribution >= 0.6 is 11.3 Å². The average Bonchev–Trinajstić information content (AvgIpc) is 3.83. The molecule has 0 aliphatic carbocycles. The van der Waals surface area contributed by atoms with Crippen molar-refractivity contribution < 1.29 is 12.6 Å². The molecule has 0 saturated carbocycles. The normalized spacial score (nSPS) is 13.3. The second kappa shape index (κ2) is 11.6. The van der Waals surface area contributed by atoms with Crippen LogP contribution in [-0.2, 0) is 0 Å². The van der Waals surface area contributed by atoms with Crippen LogP contribution in [0.2, 0.25) is 0 Å². The number of hydrogen-bond acceptors (Lipinski definition) is 5. The first kappa shape index (κ1) is 23.0. The fourth-order valence-electron chi connectivity index (χ4n) is 6.48. The van der Waals surface area contributed by atoms with Gasteiger partial charge >= 0.3 is 0 Å². The topological polar surface area (TPSA) is 51.8 Å². The Bertz CT molecular complexity index is 3200. The Morgan fingerprint density at radius 1 is 0.460 bits per heavy atom. The molecule has 0 amide bonds. The second-order valence-corrected chi connectivity index (χ2v) is 12.9. The van der Waals surface area contributed by atoms with E-state index in [1.54, 1.807) is 0 Å². The van der Waals surface area contributed by atoms with Gasteiger partial charge in [-0.05, 0) is 40.4 Å². The van der Waals surface area contributed by atoms with E-state index < -0.39 is 0 Å². The molecule has 0 atom stereocenters. The van der Waals surface area contributed by atoms with Crippen LogP contribution in [0.15, 0.2) is 168 Å². The van der Waals surface area contributed by atoms with E-state index in [2.05, 4.69) is 0 Å². The molecule has 234 valence electrons. The predicted molar refractivity (Wildman–Crippen MR) is 207 cm³/mol. The van der Waals surface area contributed by atoms with E-state index in [-0.39, 0.29) is 58.4 Å². The second-order valence-electron chi connectivity index (χ2n) is 11.9. The number of aromatic nitrogens is 3. The number of nitrogens with zero attached hydrogens (tertiary/aromatic N) is 3. The molecule has 0 radical (unpaired) electrons. The van der Waals surface area contributed by atoms with Crippen molar-refractivity contribution in [2.75, 3.05) is 0 Å². The van der Waals surface area contributed by atoms with Crippen LogP contribution in [-0.4, -0.2) is 15.0 Å². The monoisotopic (exact) mass is 663 g/mol. The number of thiophene rings is 1. The molecule has 50 heavy (non-hydrogen) atoms. The maximum absolute atomic E-state index is 9.62. The fraction of sp³-hybridized carbons (Fsp3) is 0. The van der Waals surface area contributed by atoms with Gasteiger partial charge in [0, 0.05) is 47.6 Å². The van der Waals surface area contributed by atoms with E-state index >= 15 is 0 Å². The SMILES string of the molecule is [2H]c1c([2H])c([2H])c2c(sc3c([2H])c(-c4nc(-c5ccccc5)nc(-c5cccc6oc7ccccc7c56)n4)c([2H])c([2H])c32)c1-c1ccc(-c2ccccc2)cc1. The van der Waals surface area contributed by atoms with E-state index in [4.69, 9.17) is 23.5 Å². The highest BCUT2D eigenvalue weighted by molar-refractivity contribution is 7.26. The minimum atomic E-state index is -0.281. The zero-order valence-electron chi connectivity index (χ0n) is 32.3. The first-order valence-electron chi connectivity index (χ1n) is 19.1. The van der Waals surface area contributed by atoms with E-state index in [1.807, 2.05) is 127 Å².